The van der Waals surface area contributed by atoms with Gasteiger partial charge in [0.2, 0.25) is 5.91 Å². The van der Waals surface area contributed by atoms with Gasteiger partial charge in [0.25, 0.3) is 0 Å². The number of nitriles is 1. The lowest BCUT2D eigenvalue weighted by atomic mass is 10.1. The second kappa shape index (κ2) is 6.06. The third-order valence-corrected chi connectivity index (χ3v) is 5.57. The fraction of sp³-hybridized carbons (Fsp3) is 0.429. The van der Waals surface area contributed by atoms with Crippen LogP contribution in [-0.4, -0.2) is 25.3 Å². The molecule has 1 unspecified atom stereocenters. The Hall–Kier alpha value is -1.87. The minimum Gasteiger partial charge on any atom is -0.351 e. The molecule has 1 atom stereocenters. The molecule has 2 rings (SSSR count). The molecule has 20 heavy (non-hydrogen) atoms. The van der Waals surface area contributed by atoms with Gasteiger partial charge in [0.1, 0.15) is 5.25 Å². The maximum absolute atomic E-state index is 12.0. The average Bonchev–Trinajstić information content (AvgIpc) is 2.44. The molecule has 1 saturated heterocycles. The van der Waals surface area contributed by atoms with E-state index in [1.54, 1.807) is 24.3 Å². The highest BCUT2D eigenvalue weighted by molar-refractivity contribution is 7.92. The first-order chi connectivity index (χ1) is 9.53. The van der Waals surface area contributed by atoms with Gasteiger partial charge in [0, 0.05) is 6.54 Å². The number of benzene rings is 1. The van der Waals surface area contributed by atoms with Crippen molar-refractivity contribution in [1.82, 2.24) is 5.32 Å². The highest BCUT2D eigenvalue weighted by atomic mass is 32.2. The van der Waals surface area contributed by atoms with Crippen molar-refractivity contribution in [3.05, 3.63) is 35.4 Å². The summed E-state index contributed by atoms with van der Waals surface area (Å²) in [5, 5.41) is 10.5. The first-order valence-electron chi connectivity index (χ1n) is 6.51. The average molecular weight is 292 g/mol. The summed E-state index contributed by atoms with van der Waals surface area (Å²) in [5.74, 6) is -0.346. The molecule has 5 nitrogen and oxygen atoms in total. The molecule has 1 fully saturated rings. The van der Waals surface area contributed by atoms with Crippen molar-refractivity contribution < 1.29 is 13.2 Å². The maximum Gasteiger partial charge on any atom is 0.238 e. The Labute approximate surface area is 118 Å². The van der Waals surface area contributed by atoms with Crippen molar-refractivity contribution in [3.63, 3.8) is 0 Å². The highest BCUT2D eigenvalue weighted by Crippen LogP contribution is 2.19. The van der Waals surface area contributed by atoms with E-state index in [-0.39, 0.29) is 12.3 Å². The molecule has 0 radical (unpaired) electrons. The Balaban J connectivity index is 2.00. The summed E-state index contributed by atoms with van der Waals surface area (Å²) in [6.45, 7) is 0.236. The minimum absolute atomic E-state index is 0.0923. The second-order valence-electron chi connectivity index (χ2n) is 4.88. The van der Waals surface area contributed by atoms with Gasteiger partial charge in [-0.15, -0.1) is 0 Å². The SMILES string of the molecule is N#Cc1cccc(CNC(=O)C2CCCCS2(=O)=O)c1. The number of hydrogen-bond donors (Lipinski definition) is 1. The quantitative estimate of drug-likeness (QED) is 0.905. The first kappa shape index (κ1) is 14.5. The highest BCUT2D eigenvalue weighted by Gasteiger charge is 2.34. The zero-order valence-corrected chi connectivity index (χ0v) is 11.8. The summed E-state index contributed by atoms with van der Waals surface area (Å²) in [7, 11) is -3.30. The number of rotatable bonds is 3. The van der Waals surface area contributed by atoms with E-state index in [4.69, 9.17) is 5.26 Å². The minimum atomic E-state index is -3.30. The Morgan fingerprint density at radius 2 is 2.20 bits per heavy atom. The van der Waals surface area contributed by atoms with Gasteiger partial charge in [0.05, 0.1) is 17.4 Å². The maximum atomic E-state index is 12.0. The predicted molar refractivity (Wildman–Crippen MR) is 74.4 cm³/mol. The van der Waals surface area contributed by atoms with Crippen molar-refractivity contribution in [2.45, 2.75) is 31.1 Å². The van der Waals surface area contributed by atoms with Crippen molar-refractivity contribution in [1.29, 1.82) is 5.26 Å². The number of nitrogens with one attached hydrogen (secondary N) is 1. The Morgan fingerprint density at radius 3 is 2.90 bits per heavy atom. The number of hydrogen-bond acceptors (Lipinski definition) is 4. The molecule has 1 aromatic rings. The number of nitrogens with zero attached hydrogens (tertiary/aromatic N) is 1. The van der Waals surface area contributed by atoms with Crippen LogP contribution in [0.3, 0.4) is 0 Å². The molecule has 0 bridgehead atoms. The summed E-state index contributed by atoms with van der Waals surface area (Å²) in [5.41, 5.74) is 1.30. The molecule has 0 aromatic heterocycles. The molecule has 106 valence electrons. The Bertz CT molecular complexity index is 647. The van der Waals surface area contributed by atoms with E-state index in [2.05, 4.69) is 5.32 Å². The molecule has 1 aliphatic rings. The normalized spacial score (nSPS) is 20.9. The molecule has 6 heteroatoms. The standard InChI is InChI=1S/C14H16N2O3S/c15-9-11-4-3-5-12(8-11)10-16-14(17)13-6-1-2-7-20(13,18)19/h3-5,8,13H,1-2,6-7,10H2,(H,16,17). The van der Waals surface area contributed by atoms with E-state index in [9.17, 15) is 13.2 Å². The van der Waals surface area contributed by atoms with Crippen LogP contribution in [0.4, 0.5) is 0 Å². The summed E-state index contributed by atoms with van der Waals surface area (Å²) in [6, 6.07) is 8.90. The Kier molecular flexibility index (Phi) is 4.40. The van der Waals surface area contributed by atoms with Crippen LogP contribution in [0.15, 0.2) is 24.3 Å². The van der Waals surface area contributed by atoms with Gasteiger partial charge in [-0.3, -0.25) is 4.79 Å². The molecule has 0 aliphatic carbocycles. The smallest absolute Gasteiger partial charge is 0.238 e. The number of carbonyl (C=O) groups is 1. The van der Waals surface area contributed by atoms with Gasteiger partial charge in [-0.05, 0) is 30.5 Å². The van der Waals surface area contributed by atoms with Crippen LogP contribution in [-0.2, 0) is 21.2 Å². The summed E-state index contributed by atoms with van der Waals surface area (Å²) in [4.78, 5) is 12.0. The zero-order chi connectivity index (χ0) is 14.6. The summed E-state index contributed by atoms with van der Waals surface area (Å²) >= 11 is 0. The lowest BCUT2D eigenvalue weighted by Crippen LogP contribution is -2.42. The van der Waals surface area contributed by atoms with Gasteiger partial charge in [-0.1, -0.05) is 18.6 Å². The lowest BCUT2D eigenvalue weighted by molar-refractivity contribution is -0.121. The van der Waals surface area contributed by atoms with Crippen LogP contribution in [0.5, 0.6) is 0 Å². The molecule has 1 heterocycles. The molecule has 0 spiro atoms. The lowest BCUT2D eigenvalue weighted by Gasteiger charge is -2.21. The topological polar surface area (TPSA) is 87.0 Å². The van der Waals surface area contributed by atoms with Crippen LogP contribution < -0.4 is 5.32 Å². The summed E-state index contributed by atoms with van der Waals surface area (Å²) in [6.07, 6.45) is 1.80. The van der Waals surface area contributed by atoms with Gasteiger partial charge in [-0.25, -0.2) is 8.42 Å². The number of sulfone groups is 1. The van der Waals surface area contributed by atoms with Crippen LogP contribution in [0.25, 0.3) is 0 Å². The van der Waals surface area contributed by atoms with Crippen LogP contribution in [0.1, 0.15) is 30.4 Å². The molecule has 1 N–H and O–H groups in total. The van der Waals surface area contributed by atoms with Crippen molar-refractivity contribution in [2.24, 2.45) is 0 Å². The fourth-order valence-electron chi connectivity index (χ4n) is 2.30. The fourth-order valence-corrected chi connectivity index (χ4v) is 4.13. The van der Waals surface area contributed by atoms with Gasteiger partial charge >= 0.3 is 0 Å². The summed E-state index contributed by atoms with van der Waals surface area (Å²) < 4.78 is 23.7. The number of amides is 1. The van der Waals surface area contributed by atoms with Crippen molar-refractivity contribution >= 4 is 15.7 Å². The van der Waals surface area contributed by atoms with E-state index in [0.29, 0.717) is 18.4 Å². The first-order valence-corrected chi connectivity index (χ1v) is 8.23. The predicted octanol–water partition coefficient (Wildman–Crippen LogP) is 1.14. The van der Waals surface area contributed by atoms with Crippen molar-refractivity contribution in [3.8, 4) is 6.07 Å². The van der Waals surface area contributed by atoms with Crippen LogP contribution >= 0.6 is 0 Å². The van der Waals surface area contributed by atoms with E-state index in [1.807, 2.05) is 6.07 Å². The van der Waals surface area contributed by atoms with E-state index in [0.717, 1.165) is 12.0 Å². The van der Waals surface area contributed by atoms with Crippen LogP contribution in [0, 0.1) is 11.3 Å². The Morgan fingerprint density at radius 1 is 1.40 bits per heavy atom. The zero-order valence-electron chi connectivity index (χ0n) is 11.0. The van der Waals surface area contributed by atoms with E-state index < -0.39 is 21.0 Å². The molecule has 0 saturated carbocycles. The number of carbonyl (C=O) groups excluding carboxylic acids is 1. The molecule has 1 amide bonds. The largest absolute Gasteiger partial charge is 0.351 e. The monoisotopic (exact) mass is 292 g/mol. The van der Waals surface area contributed by atoms with Crippen molar-refractivity contribution in [2.75, 3.05) is 5.75 Å². The molecular formula is C14H16N2O3S. The molecule has 1 aliphatic heterocycles. The molecular weight excluding hydrogens is 276 g/mol. The third-order valence-electron chi connectivity index (χ3n) is 3.39. The van der Waals surface area contributed by atoms with E-state index >= 15 is 0 Å². The van der Waals surface area contributed by atoms with Gasteiger partial charge in [0.15, 0.2) is 9.84 Å². The van der Waals surface area contributed by atoms with E-state index in [1.165, 1.54) is 0 Å². The molecule has 1 aromatic carbocycles. The van der Waals surface area contributed by atoms with Gasteiger partial charge < -0.3 is 5.32 Å². The van der Waals surface area contributed by atoms with Crippen LogP contribution in [0.2, 0.25) is 0 Å². The van der Waals surface area contributed by atoms with Gasteiger partial charge in [-0.2, -0.15) is 5.26 Å². The second-order valence-corrected chi connectivity index (χ2v) is 7.18. The third kappa shape index (κ3) is 3.36.